The summed E-state index contributed by atoms with van der Waals surface area (Å²) < 4.78 is 5.89. The van der Waals surface area contributed by atoms with Gasteiger partial charge in [-0.2, -0.15) is 0 Å². The summed E-state index contributed by atoms with van der Waals surface area (Å²) in [6.07, 6.45) is 3.70. The van der Waals surface area contributed by atoms with E-state index in [0.717, 1.165) is 24.8 Å². The minimum absolute atomic E-state index is 0. The highest BCUT2D eigenvalue weighted by atomic mass is 35.5. The van der Waals surface area contributed by atoms with Crippen LogP contribution in [0.3, 0.4) is 0 Å². The molecule has 0 fully saturated rings. The molecule has 0 unspecified atom stereocenters. The zero-order chi connectivity index (χ0) is 21.8. The molecule has 176 valence electrons. The SMILES string of the molecule is Cl.Cl.O=C(O)c1cccc(Oc2ccc3c(c2)C[C@@H](NC[C@H](O)c2ccc(Cl)nc2)CC3)c1. The van der Waals surface area contributed by atoms with Crippen molar-refractivity contribution in [3.63, 3.8) is 0 Å². The van der Waals surface area contributed by atoms with E-state index in [4.69, 9.17) is 21.4 Å². The quantitative estimate of drug-likeness (QED) is 0.375. The number of fused-ring (bicyclic) bond motifs is 1. The van der Waals surface area contributed by atoms with E-state index < -0.39 is 12.1 Å². The Labute approximate surface area is 209 Å². The Balaban J connectivity index is 0.00000193. The summed E-state index contributed by atoms with van der Waals surface area (Å²) in [7, 11) is 0. The topological polar surface area (TPSA) is 91.7 Å². The van der Waals surface area contributed by atoms with E-state index in [1.54, 1.807) is 30.5 Å². The Kier molecular flexibility index (Phi) is 9.95. The first-order valence-electron chi connectivity index (χ1n) is 10.1. The Morgan fingerprint density at radius 1 is 1.12 bits per heavy atom. The molecule has 0 spiro atoms. The average Bonchev–Trinajstić information content (AvgIpc) is 2.78. The number of benzene rings is 2. The van der Waals surface area contributed by atoms with E-state index >= 15 is 0 Å². The van der Waals surface area contributed by atoms with E-state index in [-0.39, 0.29) is 36.4 Å². The number of carboxylic acid groups (broad SMARTS) is 1. The van der Waals surface area contributed by atoms with Crippen LogP contribution in [0.15, 0.2) is 60.8 Å². The number of aliphatic hydroxyl groups excluding tert-OH is 1. The van der Waals surface area contributed by atoms with Crippen LogP contribution >= 0.6 is 36.4 Å². The van der Waals surface area contributed by atoms with Crippen LogP contribution in [0.5, 0.6) is 11.5 Å². The zero-order valence-electron chi connectivity index (χ0n) is 17.6. The zero-order valence-corrected chi connectivity index (χ0v) is 20.0. The summed E-state index contributed by atoms with van der Waals surface area (Å²) in [5, 5.41) is 23.4. The maximum absolute atomic E-state index is 11.2. The summed E-state index contributed by atoms with van der Waals surface area (Å²) in [5.41, 5.74) is 3.40. The molecule has 0 saturated carbocycles. The molecule has 3 N–H and O–H groups in total. The lowest BCUT2D eigenvalue weighted by Gasteiger charge is -2.27. The van der Waals surface area contributed by atoms with Gasteiger partial charge in [0, 0.05) is 24.3 Å². The molecule has 4 rings (SSSR count). The number of nitrogens with one attached hydrogen (secondary N) is 1. The third kappa shape index (κ3) is 7.06. The second-order valence-electron chi connectivity index (χ2n) is 7.64. The normalized spacial score (nSPS) is 15.4. The number of halogens is 3. The van der Waals surface area contributed by atoms with Crippen molar-refractivity contribution in [1.82, 2.24) is 10.3 Å². The Hall–Kier alpha value is -2.35. The van der Waals surface area contributed by atoms with Gasteiger partial charge < -0.3 is 20.3 Å². The minimum atomic E-state index is -0.985. The lowest BCUT2D eigenvalue weighted by atomic mass is 9.88. The van der Waals surface area contributed by atoms with Gasteiger partial charge in [-0.1, -0.05) is 29.8 Å². The number of nitrogens with zero attached hydrogens (tertiary/aromatic N) is 1. The van der Waals surface area contributed by atoms with Crippen molar-refractivity contribution in [1.29, 1.82) is 0 Å². The number of pyridine rings is 1. The van der Waals surface area contributed by atoms with Crippen molar-refractivity contribution in [2.24, 2.45) is 0 Å². The Bertz CT molecular complexity index is 1080. The van der Waals surface area contributed by atoms with E-state index in [1.165, 1.54) is 23.3 Å². The van der Waals surface area contributed by atoms with Gasteiger partial charge in [0.15, 0.2) is 0 Å². The van der Waals surface area contributed by atoms with E-state index in [9.17, 15) is 9.90 Å². The number of aliphatic hydroxyl groups is 1. The average molecular weight is 512 g/mol. The maximum Gasteiger partial charge on any atom is 0.335 e. The van der Waals surface area contributed by atoms with Crippen LogP contribution in [0.4, 0.5) is 0 Å². The third-order valence-corrected chi connectivity index (χ3v) is 5.68. The summed E-state index contributed by atoms with van der Waals surface area (Å²) in [5.74, 6) is 0.181. The molecule has 0 radical (unpaired) electrons. The minimum Gasteiger partial charge on any atom is -0.478 e. The van der Waals surface area contributed by atoms with Crippen LogP contribution < -0.4 is 10.1 Å². The smallest absolute Gasteiger partial charge is 0.335 e. The lowest BCUT2D eigenvalue weighted by Crippen LogP contribution is -2.37. The molecule has 2 atom stereocenters. The summed E-state index contributed by atoms with van der Waals surface area (Å²) in [6.45, 7) is 0.432. The number of aromatic nitrogens is 1. The highest BCUT2D eigenvalue weighted by Crippen LogP contribution is 2.29. The first-order chi connectivity index (χ1) is 15.0. The number of aromatic carboxylic acids is 1. The highest BCUT2D eigenvalue weighted by Gasteiger charge is 2.20. The fourth-order valence-electron chi connectivity index (χ4n) is 3.78. The van der Waals surface area contributed by atoms with E-state index in [0.29, 0.717) is 23.2 Å². The molecule has 0 saturated heterocycles. The molecular formula is C24H25Cl3N2O4. The molecule has 1 aliphatic carbocycles. The molecule has 1 aromatic heterocycles. The van der Waals surface area contributed by atoms with Crippen molar-refractivity contribution < 1.29 is 19.7 Å². The summed E-state index contributed by atoms with van der Waals surface area (Å²) >= 11 is 5.80. The van der Waals surface area contributed by atoms with Crippen LogP contribution in [0.1, 0.15) is 39.6 Å². The molecule has 0 aliphatic heterocycles. The number of rotatable bonds is 7. The number of hydrogen-bond acceptors (Lipinski definition) is 5. The molecule has 0 amide bonds. The van der Waals surface area contributed by atoms with E-state index in [1.807, 2.05) is 12.1 Å². The number of ether oxygens (including phenoxy) is 1. The van der Waals surface area contributed by atoms with E-state index in [2.05, 4.69) is 16.4 Å². The van der Waals surface area contributed by atoms with Gasteiger partial charge in [-0.05, 0) is 66.8 Å². The molecule has 9 heteroatoms. The molecule has 3 aromatic rings. The van der Waals surface area contributed by atoms with Gasteiger partial charge in [-0.25, -0.2) is 9.78 Å². The van der Waals surface area contributed by atoms with Crippen molar-refractivity contribution in [2.75, 3.05) is 6.54 Å². The highest BCUT2D eigenvalue weighted by molar-refractivity contribution is 6.29. The van der Waals surface area contributed by atoms with Gasteiger partial charge in [0.1, 0.15) is 16.7 Å². The van der Waals surface area contributed by atoms with Crippen LogP contribution in [0, 0.1) is 0 Å². The lowest BCUT2D eigenvalue weighted by molar-refractivity contribution is 0.0696. The fraction of sp³-hybridized carbons (Fsp3) is 0.250. The molecule has 1 heterocycles. The second kappa shape index (κ2) is 12.2. The molecule has 6 nitrogen and oxygen atoms in total. The number of carboxylic acids is 1. The van der Waals surface area contributed by atoms with Crippen molar-refractivity contribution in [2.45, 2.75) is 31.4 Å². The third-order valence-electron chi connectivity index (χ3n) is 5.46. The maximum atomic E-state index is 11.2. The van der Waals surface area contributed by atoms with Gasteiger partial charge >= 0.3 is 5.97 Å². The van der Waals surface area contributed by atoms with Crippen LogP contribution in [-0.4, -0.2) is 33.8 Å². The Morgan fingerprint density at radius 2 is 1.91 bits per heavy atom. The molecule has 2 aromatic carbocycles. The molecule has 33 heavy (non-hydrogen) atoms. The Morgan fingerprint density at radius 3 is 2.64 bits per heavy atom. The van der Waals surface area contributed by atoms with Crippen LogP contribution in [-0.2, 0) is 12.8 Å². The van der Waals surface area contributed by atoms with Crippen LogP contribution in [0.2, 0.25) is 5.15 Å². The van der Waals surface area contributed by atoms with Gasteiger partial charge in [-0.15, -0.1) is 24.8 Å². The number of carbonyl (C=O) groups is 1. The first kappa shape index (κ1) is 26.9. The first-order valence-corrected chi connectivity index (χ1v) is 10.5. The predicted molar refractivity (Wildman–Crippen MR) is 132 cm³/mol. The van der Waals surface area contributed by atoms with Gasteiger partial charge in [0.25, 0.3) is 0 Å². The van der Waals surface area contributed by atoms with Crippen molar-refractivity contribution in [3.8, 4) is 11.5 Å². The number of aryl methyl sites for hydroxylation is 1. The second-order valence-corrected chi connectivity index (χ2v) is 8.03. The fourth-order valence-corrected chi connectivity index (χ4v) is 3.89. The van der Waals surface area contributed by atoms with Gasteiger partial charge in [0.05, 0.1) is 11.7 Å². The standard InChI is InChI=1S/C24H23ClN2O4.2ClH/c25-23-9-6-17(13-27-23)22(28)14-26-19-7-4-15-5-8-21(12-18(15)10-19)31-20-3-1-2-16(11-20)24(29)30;;/h1-3,5-6,8-9,11-13,19,22,26,28H,4,7,10,14H2,(H,29,30);2*1H/t19-,22-;;/m0../s1. The van der Waals surface area contributed by atoms with Crippen molar-refractivity contribution in [3.05, 3.63) is 88.2 Å². The molecular weight excluding hydrogens is 487 g/mol. The predicted octanol–water partition coefficient (Wildman–Crippen LogP) is 5.25. The molecule has 0 bridgehead atoms. The largest absolute Gasteiger partial charge is 0.478 e. The monoisotopic (exact) mass is 510 g/mol. The van der Waals surface area contributed by atoms with Gasteiger partial charge in [0.2, 0.25) is 0 Å². The van der Waals surface area contributed by atoms with Gasteiger partial charge in [-0.3, -0.25) is 0 Å². The summed E-state index contributed by atoms with van der Waals surface area (Å²) in [6, 6.07) is 16.1. The van der Waals surface area contributed by atoms with Crippen LogP contribution in [0.25, 0.3) is 0 Å². The summed E-state index contributed by atoms with van der Waals surface area (Å²) in [4.78, 5) is 15.2. The number of hydrogen-bond donors (Lipinski definition) is 3. The molecule has 1 aliphatic rings. The van der Waals surface area contributed by atoms with Crippen molar-refractivity contribution >= 4 is 42.4 Å².